The molecule has 0 saturated heterocycles. The van der Waals surface area contributed by atoms with E-state index in [1.54, 1.807) is 7.11 Å². The second-order valence-electron chi connectivity index (χ2n) is 2.70. The number of hydrogen-bond donors (Lipinski definition) is 0. The van der Waals surface area contributed by atoms with Gasteiger partial charge in [0.1, 0.15) is 5.75 Å². The highest BCUT2D eigenvalue weighted by Gasteiger charge is 1.99. The zero-order valence-electron chi connectivity index (χ0n) is 7.92. The molecular formula is C10H15NO. The van der Waals surface area contributed by atoms with Crippen LogP contribution in [0.25, 0.3) is 0 Å². The van der Waals surface area contributed by atoms with E-state index in [1.807, 2.05) is 12.1 Å². The Balaban J connectivity index is 3.01. The first-order chi connectivity index (χ1) is 5.80. The van der Waals surface area contributed by atoms with Crippen LogP contribution in [0, 0.1) is 0 Å². The molecule has 1 aromatic rings. The molecule has 0 aliphatic heterocycles. The smallest absolute Gasteiger partial charge is 0.122 e. The van der Waals surface area contributed by atoms with Gasteiger partial charge < -0.3 is 4.74 Å². The molecule has 1 heterocycles. The lowest BCUT2D eigenvalue weighted by Crippen LogP contribution is -1.95. The van der Waals surface area contributed by atoms with Gasteiger partial charge in [0.05, 0.1) is 7.11 Å². The van der Waals surface area contributed by atoms with Crippen LogP contribution in [-0.4, -0.2) is 12.1 Å². The minimum atomic E-state index is 0.915. The van der Waals surface area contributed by atoms with E-state index in [0.29, 0.717) is 0 Å². The molecule has 0 fully saturated rings. The van der Waals surface area contributed by atoms with Crippen molar-refractivity contribution in [3.63, 3.8) is 0 Å². The number of ether oxygens (including phenoxy) is 1. The topological polar surface area (TPSA) is 22.1 Å². The minimum absolute atomic E-state index is 0.915. The van der Waals surface area contributed by atoms with Crippen molar-refractivity contribution in [3.8, 4) is 5.75 Å². The maximum atomic E-state index is 5.16. The molecule has 2 nitrogen and oxygen atoms in total. The normalized spacial score (nSPS) is 9.92. The zero-order valence-corrected chi connectivity index (χ0v) is 7.92. The van der Waals surface area contributed by atoms with E-state index in [4.69, 9.17) is 4.74 Å². The third kappa shape index (κ3) is 1.97. The Morgan fingerprint density at radius 1 is 1.17 bits per heavy atom. The number of aryl methyl sites for hydroxylation is 2. The third-order valence-corrected chi connectivity index (χ3v) is 1.87. The van der Waals surface area contributed by atoms with E-state index in [2.05, 4.69) is 18.8 Å². The highest BCUT2D eigenvalue weighted by atomic mass is 16.5. The highest BCUT2D eigenvalue weighted by Crippen LogP contribution is 2.14. The molecule has 0 bridgehead atoms. The molecular weight excluding hydrogens is 150 g/mol. The summed E-state index contributed by atoms with van der Waals surface area (Å²) in [5.41, 5.74) is 2.21. The molecule has 1 aromatic heterocycles. The van der Waals surface area contributed by atoms with Crippen LogP contribution in [0.2, 0.25) is 0 Å². The van der Waals surface area contributed by atoms with Crippen LogP contribution in [0.15, 0.2) is 12.1 Å². The molecule has 66 valence electrons. The largest absolute Gasteiger partial charge is 0.497 e. The van der Waals surface area contributed by atoms with E-state index in [9.17, 15) is 0 Å². The van der Waals surface area contributed by atoms with Crippen LogP contribution >= 0.6 is 0 Å². The average molecular weight is 165 g/mol. The highest BCUT2D eigenvalue weighted by molar-refractivity contribution is 5.27. The maximum Gasteiger partial charge on any atom is 0.122 e. The molecule has 12 heavy (non-hydrogen) atoms. The van der Waals surface area contributed by atoms with Crippen LogP contribution in [0.5, 0.6) is 5.75 Å². The number of hydrogen-bond acceptors (Lipinski definition) is 2. The Morgan fingerprint density at radius 3 is 2.00 bits per heavy atom. The molecule has 0 saturated carbocycles. The summed E-state index contributed by atoms with van der Waals surface area (Å²) in [5, 5.41) is 0. The van der Waals surface area contributed by atoms with Crippen LogP contribution in [0.3, 0.4) is 0 Å². The number of pyridine rings is 1. The summed E-state index contributed by atoms with van der Waals surface area (Å²) in [5.74, 6) is 0.915. The van der Waals surface area contributed by atoms with Gasteiger partial charge in [-0.05, 0) is 12.8 Å². The molecule has 0 aliphatic rings. The predicted octanol–water partition coefficient (Wildman–Crippen LogP) is 2.21. The average Bonchev–Trinajstić information content (AvgIpc) is 2.16. The fraction of sp³-hybridized carbons (Fsp3) is 0.500. The second-order valence-corrected chi connectivity index (χ2v) is 2.70. The quantitative estimate of drug-likeness (QED) is 0.685. The lowest BCUT2D eigenvalue weighted by atomic mass is 10.2. The van der Waals surface area contributed by atoms with Crippen molar-refractivity contribution in [2.24, 2.45) is 0 Å². The first-order valence-electron chi connectivity index (χ1n) is 4.34. The van der Waals surface area contributed by atoms with Gasteiger partial charge in [0.15, 0.2) is 0 Å². The van der Waals surface area contributed by atoms with Crippen LogP contribution in [0.4, 0.5) is 0 Å². The summed E-state index contributed by atoms with van der Waals surface area (Å²) < 4.78 is 5.16. The number of aromatic nitrogens is 1. The molecule has 0 unspecified atom stereocenters. The van der Waals surface area contributed by atoms with Gasteiger partial charge >= 0.3 is 0 Å². The molecule has 0 N–H and O–H groups in total. The van der Waals surface area contributed by atoms with Crippen molar-refractivity contribution in [2.45, 2.75) is 26.7 Å². The Hall–Kier alpha value is -1.05. The van der Waals surface area contributed by atoms with Crippen LogP contribution in [0.1, 0.15) is 25.2 Å². The number of rotatable bonds is 3. The zero-order chi connectivity index (χ0) is 8.97. The SMILES string of the molecule is CCc1cc(OC)cc(CC)n1. The van der Waals surface area contributed by atoms with Crippen LogP contribution < -0.4 is 4.74 Å². The number of methoxy groups -OCH3 is 1. The molecule has 2 heteroatoms. The molecule has 0 aliphatic carbocycles. The fourth-order valence-electron chi connectivity index (χ4n) is 1.10. The first-order valence-corrected chi connectivity index (χ1v) is 4.34. The molecule has 0 amide bonds. The molecule has 0 radical (unpaired) electrons. The van der Waals surface area contributed by atoms with Crippen molar-refractivity contribution in [1.29, 1.82) is 0 Å². The summed E-state index contributed by atoms with van der Waals surface area (Å²) in [4.78, 5) is 4.44. The van der Waals surface area contributed by atoms with Gasteiger partial charge in [0, 0.05) is 23.5 Å². The van der Waals surface area contributed by atoms with Gasteiger partial charge in [0.25, 0.3) is 0 Å². The van der Waals surface area contributed by atoms with Gasteiger partial charge in [-0.1, -0.05) is 13.8 Å². The van der Waals surface area contributed by atoms with Crippen molar-refractivity contribution in [3.05, 3.63) is 23.5 Å². The predicted molar refractivity (Wildman–Crippen MR) is 49.5 cm³/mol. The molecule has 0 spiro atoms. The van der Waals surface area contributed by atoms with Gasteiger partial charge in [-0.3, -0.25) is 4.98 Å². The third-order valence-electron chi connectivity index (χ3n) is 1.87. The van der Waals surface area contributed by atoms with E-state index < -0.39 is 0 Å². The van der Waals surface area contributed by atoms with Gasteiger partial charge in [-0.15, -0.1) is 0 Å². The van der Waals surface area contributed by atoms with Crippen LogP contribution in [-0.2, 0) is 12.8 Å². The number of nitrogens with zero attached hydrogens (tertiary/aromatic N) is 1. The van der Waals surface area contributed by atoms with E-state index >= 15 is 0 Å². The Bertz CT molecular complexity index is 203. The second kappa shape index (κ2) is 4.10. The molecule has 0 atom stereocenters. The molecule has 1 rings (SSSR count). The van der Waals surface area contributed by atoms with Crippen molar-refractivity contribution < 1.29 is 4.74 Å². The summed E-state index contributed by atoms with van der Waals surface area (Å²) in [7, 11) is 1.69. The van der Waals surface area contributed by atoms with Crippen molar-refractivity contribution in [2.75, 3.05) is 7.11 Å². The summed E-state index contributed by atoms with van der Waals surface area (Å²) in [6, 6.07) is 3.97. The van der Waals surface area contributed by atoms with E-state index in [-0.39, 0.29) is 0 Å². The lowest BCUT2D eigenvalue weighted by Gasteiger charge is -2.04. The minimum Gasteiger partial charge on any atom is -0.497 e. The maximum absolute atomic E-state index is 5.16. The molecule has 0 aromatic carbocycles. The summed E-state index contributed by atoms with van der Waals surface area (Å²) in [6.07, 6.45) is 1.92. The summed E-state index contributed by atoms with van der Waals surface area (Å²) in [6.45, 7) is 4.20. The van der Waals surface area contributed by atoms with E-state index in [1.165, 1.54) is 0 Å². The van der Waals surface area contributed by atoms with Gasteiger partial charge in [-0.25, -0.2) is 0 Å². The van der Waals surface area contributed by atoms with Gasteiger partial charge in [0.2, 0.25) is 0 Å². The Morgan fingerprint density at radius 2 is 1.67 bits per heavy atom. The Labute approximate surface area is 73.6 Å². The Kier molecular flexibility index (Phi) is 3.09. The van der Waals surface area contributed by atoms with Gasteiger partial charge in [-0.2, -0.15) is 0 Å². The summed E-state index contributed by atoms with van der Waals surface area (Å²) >= 11 is 0. The first kappa shape index (κ1) is 9.04. The fourth-order valence-corrected chi connectivity index (χ4v) is 1.10. The van der Waals surface area contributed by atoms with E-state index in [0.717, 1.165) is 30.0 Å². The van der Waals surface area contributed by atoms with Crippen molar-refractivity contribution in [1.82, 2.24) is 4.98 Å². The monoisotopic (exact) mass is 165 g/mol. The van der Waals surface area contributed by atoms with Crippen molar-refractivity contribution >= 4 is 0 Å². The standard InChI is InChI=1S/C10H15NO/c1-4-8-6-10(12-3)7-9(5-2)11-8/h6-7H,4-5H2,1-3H3. The lowest BCUT2D eigenvalue weighted by molar-refractivity contribution is 0.413.